The molecule has 0 aromatic heterocycles. The van der Waals surface area contributed by atoms with E-state index in [1.807, 2.05) is 6.07 Å². The molecule has 0 bridgehead atoms. The molecule has 1 aliphatic carbocycles. The van der Waals surface area contributed by atoms with E-state index in [1.54, 1.807) is 31.2 Å². The van der Waals surface area contributed by atoms with Gasteiger partial charge in [-0.3, -0.25) is 9.05 Å². The van der Waals surface area contributed by atoms with Gasteiger partial charge in [0, 0.05) is 26.7 Å². The number of carbonyl (C=O) groups is 1. The van der Waals surface area contributed by atoms with E-state index in [0.29, 0.717) is 12.1 Å². The van der Waals surface area contributed by atoms with Gasteiger partial charge in [0.15, 0.2) is 12.3 Å². The van der Waals surface area contributed by atoms with E-state index in [2.05, 4.69) is 0 Å². The Morgan fingerprint density at radius 3 is 2.30 bits per heavy atom. The van der Waals surface area contributed by atoms with Crippen LogP contribution in [0, 0.1) is 5.92 Å². The van der Waals surface area contributed by atoms with Gasteiger partial charge in [0.2, 0.25) is 0 Å². The Morgan fingerprint density at radius 1 is 1.19 bits per heavy atom. The van der Waals surface area contributed by atoms with Crippen LogP contribution in [0.4, 0.5) is 0 Å². The zero-order valence-corrected chi connectivity index (χ0v) is 17.2. The maximum Gasteiger partial charge on any atom is 0.410 e. The molecule has 0 saturated heterocycles. The zero-order valence-electron chi connectivity index (χ0n) is 16.3. The highest BCUT2D eigenvalue weighted by Gasteiger charge is 2.47. The van der Waals surface area contributed by atoms with Gasteiger partial charge in [0.25, 0.3) is 0 Å². The molecule has 1 saturated carbocycles. The minimum Gasteiger partial charge on any atom is -0.447 e. The van der Waals surface area contributed by atoms with Crippen LogP contribution in [0.15, 0.2) is 30.3 Å². The summed E-state index contributed by atoms with van der Waals surface area (Å²) < 4.78 is 29.2. The lowest BCUT2D eigenvalue weighted by atomic mass is 9.73. The van der Waals surface area contributed by atoms with Gasteiger partial charge < -0.3 is 9.84 Å². The highest BCUT2D eigenvalue weighted by Crippen LogP contribution is 2.50. The van der Waals surface area contributed by atoms with Crippen molar-refractivity contribution < 1.29 is 28.3 Å². The third-order valence-corrected chi connectivity index (χ3v) is 7.25. The maximum absolute atomic E-state index is 13.0. The molecule has 1 fully saturated rings. The van der Waals surface area contributed by atoms with Crippen molar-refractivity contribution in [1.29, 1.82) is 0 Å². The summed E-state index contributed by atoms with van der Waals surface area (Å²) in [5.74, 6) is -0.953. The van der Waals surface area contributed by atoms with Gasteiger partial charge >= 0.3 is 13.7 Å². The van der Waals surface area contributed by atoms with Gasteiger partial charge in [-0.25, -0.2) is 9.36 Å². The third-order valence-electron chi connectivity index (χ3n) is 5.24. The van der Waals surface area contributed by atoms with Gasteiger partial charge in [0.1, 0.15) is 0 Å². The van der Waals surface area contributed by atoms with Crippen molar-refractivity contribution in [2.24, 2.45) is 5.92 Å². The predicted molar refractivity (Wildman–Crippen MR) is 102 cm³/mol. The van der Waals surface area contributed by atoms with Gasteiger partial charge in [-0.1, -0.05) is 56.5 Å². The van der Waals surface area contributed by atoms with E-state index in [9.17, 15) is 14.5 Å². The average molecular weight is 399 g/mol. The van der Waals surface area contributed by atoms with Crippen LogP contribution < -0.4 is 0 Å². The third kappa shape index (κ3) is 4.79. The number of hydrogen-bond donors (Lipinski definition) is 1. The Hall–Kier alpha value is -1.24. The topological polar surface area (TPSA) is 85.3 Å². The van der Waals surface area contributed by atoms with E-state index in [0.717, 1.165) is 32.1 Å². The van der Waals surface area contributed by atoms with Crippen LogP contribution in [0.2, 0.25) is 0 Å². The summed E-state index contributed by atoms with van der Waals surface area (Å²) in [7, 11) is -0.980. The van der Waals surface area contributed by atoms with Crippen molar-refractivity contribution in [3.05, 3.63) is 35.9 Å². The fourth-order valence-corrected chi connectivity index (χ4v) is 4.77. The number of rotatable bonds is 9. The van der Waals surface area contributed by atoms with E-state index in [1.165, 1.54) is 18.9 Å². The number of benzene rings is 1. The molecule has 1 unspecified atom stereocenters. The van der Waals surface area contributed by atoms with Gasteiger partial charge in [0.05, 0.1) is 0 Å². The molecular weight excluding hydrogens is 369 g/mol. The number of aliphatic hydroxyl groups is 1. The first-order valence-corrected chi connectivity index (χ1v) is 10.8. The maximum atomic E-state index is 13.0. The minimum atomic E-state index is -3.53. The summed E-state index contributed by atoms with van der Waals surface area (Å²) in [6.07, 6.45) is 4.55. The van der Waals surface area contributed by atoms with E-state index >= 15 is 0 Å². The smallest absolute Gasteiger partial charge is 0.410 e. The Labute approximate surface area is 161 Å². The second-order valence-electron chi connectivity index (χ2n) is 6.68. The Morgan fingerprint density at radius 2 is 1.78 bits per heavy atom. The number of ether oxygens (including phenoxy) is 1. The lowest BCUT2D eigenvalue weighted by Crippen LogP contribution is -2.46. The molecule has 8 heteroatoms. The van der Waals surface area contributed by atoms with Crippen molar-refractivity contribution >= 4 is 13.7 Å². The minimum absolute atomic E-state index is 0.215. The SMILES string of the molecule is CCN(COC(=O)C(O)(c1ccccc1)C1CCCCC1)P(=O)(OC)OC. The highest BCUT2D eigenvalue weighted by molar-refractivity contribution is 7.51. The molecule has 1 aliphatic rings. The normalized spacial score (nSPS) is 18.3. The number of nitrogens with zero attached hydrogens (tertiary/aromatic N) is 1. The second kappa shape index (κ2) is 9.80. The van der Waals surface area contributed by atoms with Crippen LogP contribution in [0.3, 0.4) is 0 Å². The van der Waals surface area contributed by atoms with Crippen molar-refractivity contribution in [3.8, 4) is 0 Å². The number of hydrogen-bond acceptors (Lipinski definition) is 6. The van der Waals surface area contributed by atoms with Crippen LogP contribution in [-0.2, 0) is 28.7 Å². The molecule has 1 atom stereocenters. The van der Waals surface area contributed by atoms with Crippen LogP contribution >= 0.6 is 7.75 Å². The van der Waals surface area contributed by atoms with Crippen molar-refractivity contribution in [2.75, 3.05) is 27.5 Å². The number of esters is 1. The van der Waals surface area contributed by atoms with Crippen LogP contribution in [-0.4, -0.2) is 43.2 Å². The average Bonchev–Trinajstić information content (AvgIpc) is 2.74. The first-order chi connectivity index (χ1) is 12.9. The van der Waals surface area contributed by atoms with Crippen LogP contribution in [0.1, 0.15) is 44.6 Å². The van der Waals surface area contributed by atoms with Gasteiger partial charge in [-0.15, -0.1) is 0 Å². The standard InChI is InChI=1S/C19H30NO6P/c1-4-20(27(23,24-2)25-3)15-26-18(21)19(22,16-11-7-5-8-12-16)17-13-9-6-10-14-17/h5,7-8,11-12,17,22H,4,6,9-10,13-15H2,1-3H3. The lowest BCUT2D eigenvalue weighted by molar-refractivity contribution is -0.178. The summed E-state index contributed by atoms with van der Waals surface area (Å²) in [5.41, 5.74) is -1.21. The predicted octanol–water partition coefficient (Wildman–Crippen LogP) is 3.68. The van der Waals surface area contributed by atoms with Crippen molar-refractivity contribution in [1.82, 2.24) is 4.67 Å². The Balaban J connectivity index is 2.23. The summed E-state index contributed by atoms with van der Waals surface area (Å²) >= 11 is 0. The molecule has 0 radical (unpaired) electrons. The molecule has 7 nitrogen and oxygen atoms in total. The monoisotopic (exact) mass is 399 g/mol. The summed E-state index contributed by atoms with van der Waals surface area (Å²) in [6, 6.07) is 8.89. The fraction of sp³-hybridized carbons (Fsp3) is 0.632. The highest BCUT2D eigenvalue weighted by atomic mass is 31.2. The number of carbonyl (C=O) groups excluding carboxylic acids is 1. The molecule has 0 spiro atoms. The summed E-state index contributed by atoms with van der Waals surface area (Å²) in [6.45, 7) is 1.75. The summed E-state index contributed by atoms with van der Waals surface area (Å²) in [4.78, 5) is 13.0. The molecule has 0 aliphatic heterocycles. The van der Waals surface area contributed by atoms with Crippen molar-refractivity contribution in [2.45, 2.75) is 44.6 Å². The van der Waals surface area contributed by atoms with Gasteiger partial charge in [-0.05, 0) is 18.4 Å². The zero-order chi connectivity index (χ0) is 19.9. The van der Waals surface area contributed by atoms with Crippen LogP contribution in [0.25, 0.3) is 0 Å². The molecule has 1 aromatic carbocycles. The fourth-order valence-electron chi connectivity index (χ4n) is 3.62. The molecular formula is C19H30NO6P. The van der Waals surface area contributed by atoms with Gasteiger partial charge in [-0.2, -0.15) is 4.67 Å². The lowest BCUT2D eigenvalue weighted by Gasteiger charge is -2.37. The second-order valence-corrected chi connectivity index (χ2v) is 8.92. The first-order valence-electron chi connectivity index (χ1n) is 9.34. The molecule has 152 valence electrons. The van der Waals surface area contributed by atoms with E-state index in [-0.39, 0.29) is 12.6 Å². The Kier molecular flexibility index (Phi) is 8.01. The molecule has 27 heavy (non-hydrogen) atoms. The quantitative estimate of drug-likeness (QED) is 0.385. The Bertz CT molecular complexity index is 641. The first kappa shape index (κ1) is 22.1. The van der Waals surface area contributed by atoms with Crippen molar-refractivity contribution in [3.63, 3.8) is 0 Å². The largest absolute Gasteiger partial charge is 0.447 e. The molecule has 0 amide bonds. The molecule has 0 heterocycles. The molecule has 2 rings (SSSR count). The summed E-state index contributed by atoms with van der Waals surface area (Å²) in [5, 5.41) is 11.5. The molecule has 1 N–H and O–H groups in total. The van der Waals surface area contributed by atoms with E-state index < -0.39 is 19.3 Å². The van der Waals surface area contributed by atoms with Crippen LogP contribution in [0.5, 0.6) is 0 Å². The molecule has 1 aromatic rings. The van der Waals surface area contributed by atoms with E-state index in [4.69, 9.17) is 13.8 Å².